The zero-order valence-corrected chi connectivity index (χ0v) is 17.5. The molecule has 2 heterocycles. The molecule has 6 nitrogen and oxygen atoms in total. The summed E-state index contributed by atoms with van der Waals surface area (Å²) in [7, 11) is 0. The van der Waals surface area contributed by atoms with Gasteiger partial charge in [-0.3, -0.25) is 14.9 Å². The number of hydrogen-bond acceptors (Lipinski definition) is 5. The summed E-state index contributed by atoms with van der Waals surface area (Å²) in [4.78, 5) is 27.0. The van der Waals surface area contributed by atoms with E-state index in [1.807, 2.05) is 24.3 Å². The van der Waals surface area contributed by atoms with Crippen molar-refractivity contribution in [1.29, 1.82) is 0 Å². The largest absolute Gasteiger partial charge is 0.327 e. The Hall–Kier alpha value is -2.65. The van der Waals surface area contributed by atoms with Crippen molar-refractivity contribution >= 4 is 44.2 Å². The Morgan fingerprint density at radius 3 is 2.55 bits per heavy atom. The van der Waals surface area contributed by atoms with E-state index in [1.165, 1.54) is 40.5 Å². The molecule has 0 aliphatic carbocycles. The quantitative estimate of drug-likeness (QED) is 0.609. The third-order valence-corrected chi connectivity index (χ3v) is 6.07. The zero-order chi connectivity index (χ0) is 20.4. The Morgan fingerprint density at radius 2 is 1.83 bits per heavy atom. The molecule has 148 valence electrons. The first-order valence-electron chi connectivity index (χ1n) is 8.98. The van der Waals surface area contributed by atoms with E-state index < -0.39 is 11.9 Å². The van der Waals surface area contributed by atoms with Crippen LogP contribution in [0.4, 0.5) is 9.52 Å². The summed E-state index contributed by atoms with van der Waals surface area (Å²) in [5.74, 6) is -0.984. The van der Waals surface area contributed by atoms with Crippen LogP contribution in [-0.2, 0) is 4.79 Å². The number of rotatable bonds is 4. The second kappa shape index (κ2) is 8.38. The lowest BCUT2D eigenvalue weighted by molar-refractivity contribution is -0.119. The second-order valence-electron chi connectivity index (χ2n) is 6.57. The Kier molecular flexibility index (Phi) is 5.68. The van der Waals surface area contributed by atoms with Crippen molar-refractivity contribution in [3.05, 3.63) is 64.4 Å². The molecule has 4 rings (SSSR count). The molecule has 1 aliphatic heterocycles. The maximum Gasteiger partial charge on any atom is 0.254 e. The average Bonchev–Trinajstić information content (AvgIpc) is 3.38. The molecule has 1 aromatic heterocycles. The summed E-state index contributed by atoms with van der Waals surface area (Å²) in [6.45, 7) is 0.481. The summed E-state index contributed by atoms with van der Waals surface area (Å²) in [6.07, 6.45) is 1.29. The fourth-order valence-corrected chi connectivity index (χ4v) is 4.23. The Labute approximate surface area is 178 Å². The molecule has 2 aromatic carbocycles. The van der Waals surface area contributed by atoms with Crippen molar-refractivity contribution < 1.29 is 14.0 Å². The number of likely N-dealkylation sites (tertiary alicyclic amines) is 1. The van der Waals surface area contributed by atoms with E-state index >= 15 is 0 Å². The van der Waals surface area contributed by atoms with Gasteiger partial charge in [-0.1, -0.05) is 39.4 Å². The standard InChI is InChI=1S/C20H16BrFN4O2S/c21-14-7-3-12(4-8-14)18-24-25-20(29-18)23-17(27)16-2-1-11-26(16)19(28)13-5-9-15(22)10-6-13/h3-10,16H,1-2,11H2,(H,23,25,27). The van der Waals surface area contributed by atoms with Gasteiger partial charge in [-0.25, -0.2) is 4.39 Å². The van der Waals surface area contributed by atoms with Gasteiger partial charge < -0.3 is 4.90 Å². The third-order valence-electron chi connectivity index (χ3n) is 4.65. The van der Waals surface area contributed by atoms with E-state index in [-0.39, 0.29) is 11.8 Å². The van der Waals surface area contributed by atoms with Gasteiger partial charge in [0, 0.05) is 22.1 Å². The summed E-state index contributed by atoms with van der Waals surface area (Å²) in [5.41, 5.74) is 1.26. The number of carbonyl (C=O) groups is 2. The number of aromatic nitrogens is 2. The number of hydrogen-bond donors (Lipinski definition) is 1. The molecule has 1 saturated heterocycles. The first kappa shape index (κ1) is 19.7. The summed E-state index contributed by atoms with van der Waals surface area (Å²) in [5, 5.41) is 12.0. The lowest BCUT2D eigenvalue weighted by atomic mass is 10.1. The van der Waals surface area contributed by atoms with Gasteiger partial charge in [0.1, 0.15) is 16.9 Å². The van der Waals surface area contributed by atoms with Crippen LogP contribution in [0.2, 0.25) is 0 Å². The number of nitrogens with one attached hydrogen (secondary N) is 1. The minimum Gasteiger partial charge on any atom is -0.327 e. The molecule has 1 fully saturated rings. The van der Waals surface area contributed by atoms with Crippen LogP contribution in [0.5, 0.6) is 0 Å². The van der Waals surface area contributed by atoms with E-state index in [0.29, 0.717) is 28.7 Å². The maximum absolute atomic E-state index is 13.1. The van der Waals surface area contributed by atoms with Gasteiger partial charge in [0.15, 0.2) is 0 Å². The predicted molar refractivity (Wildman–Crippen MR) is 112 cm³/mol. The van der Waals surface area contributed by atoms with Crippen LogP contribution in [0.15, 0.2) is 53.0 Å². The van der Waals surface area contributed by atoms with E-state index in [0.717, 1.165) is 16.5 Å². The van der Waals surface area contributed by atoms with Crippen LogP contribution >= 0.6 is 27.3 Å². The Morgan fingerprint density at radius 1 is 1.10 bits per heavy atom. The van der Waals surface area contributed by atoms with Gasteiger partial charge in [0.05, 0.1) is 0 Å². The molecule has 0 saturated carbocycles. The molecule has 0 radical (unpaired) electrons. The second-order valence-corrected chi connectivity index (χ2v) is 8.47. The molecule has 0 bridgehead atoms. The van der Waals surface area contributed by atoms with Gasteiger partial charge in [0.25, 0.3) is 5.91 Å². The van der Waals surface area contributed by atoms with Crippen LogP contribution in [0.1, 0.15) is 23.2 Å². The maximum atomic E-state index is 13.1. The Balaban J connectivity index is 1.45. The molecule has 2 amide bonds. The lowest BCUT2D eigenvalue weighted by Crippen LogP contribution is -2.43. The Bertz CT molecular complexity index is 1040. The first-order chi connectivity index (χ1) is 14.0. The number of carbonyl (C=O) groups excluding carboxylic acids is 2. The van der Waals surface area contributed by atoms with Crippen molar-refractivity contribution in [2.45, 2.75) is 18.9 Å². The summed E-state index contributed by atoms with van der Waals surface area (Å²) >= 11 is 4.66. The highest BCUT2D eigenvalue weighted by molar-refractivity contribution is 9.10. The third kappa shape index (κ3) is 4.35. The number of nitrogens with zero attached hydrogens (tertiary/aromatic N) is 3. The monoisotopic (exact) mass is 474 g/mol. The molecule has 9 heteroatoms. The van der Waals surface area contributed by atoms with Gasteiger partial charge in [0.2, 0.25) is 11.0 Å². The van der Waals surface area contributed by atoms with Crippen molar-refractivity contribution in [2.75, 3.05) is 11.9 Å². The highest BCUT2D eigenvalue weighted by Crippen LogP contribution is 2.28. The molecule has 3 aromatic rings. The minimum atomic E-state index is -0.590. The zero-order valence-electron chi connectivity index (χ0n) is 15.1. The van der Waals surface area contributed by atoms with Gasteiger partial charge >= 0.3 is 0 Å². The predicted octanol–water partition coefficient (Wildman–Crippen LogP) is 4.35. The van der Waals surface area contributed by atoms with Crippen LogP contribution in [0.25, 0.3) is 10.6 Å². The minimum absolute atomic E-state index is 0.282. The van der Waals surface area contributed by atoms with E-state index in [1.54, 1.807) is 0 Å². The lowest BCUT2D eigenvalue weighted by Gasteiger charge is -2.23. The summed E-state index contributed by atoms with van der Waals surface area (Å²) in [6, 6.07) is 12.4. The normalized spacial score (nSPS) is 16.1. The van der Waals surface area contributed by atoms with Crippen molar-refractivity contribution in [3.63, 3.8) is 0 Å². The number of amides is 2. The molecule has 1 aliphatic rings. The fourth-order valence-electron chi connectivity index (χ4n) is 3.21. The van der Waals surface area contributed by atoms with Crippen LogP contribution in [0.3, 0.4) is 0 Å². The SMILES string of the molecule is O=C(Nc1nnc(-c2ccc(Br)cc2)s1)C1CCCN1C(=O)c1ccc(F)cc1. The van der Waals surface area contributed by atoms with Crippen molar-refractivity contribution in [2.24, 2.45) is 0 Å². The molecule has 0 spiro atoms. The highest BCUT2D eigenvalue weighted by atomic mass is 79.9. The average molecular weight is 475 g/mol. The van der Waals surface area contributed by atoms with Crippen LogP contribution in [0, 0.1) is 5.82 Å². The molecular formula is C20H16BrFN4O2S. The topological polar surface area (TPSA) is 75.2 Å². The van der Waals surface area contributed by atoms with E-state index in [4.69, 9.17) is 0 Å². The van der Waals surface area contributed by atoms with E-state index in [2.05, 4.69) is 31.4 Å². The van der Waals surface area contributed by atoms with Crippen LogP contribution < -0.4 is 5.32 Å². The molecule has 29 heavy (non-hydrogen) atoms. The molecule has 1 unspecified atom stereocenters. The van der Waals surface area contributed by atoms with Gasteiger partial charge in [-0.15, -0.1) is 10.2 Å². The van der Waals surface area contributed by atoms with Crippen LogP contribution in [-0.4, -0.2) is 39.5 Å². The van der Waals surface area contributed by atoms with Gasteiger partial charge in [-0.05, 0) is 49.2 Å². The number of anilines is 1. The fraction of sp³-hybridized carbons (Fsp3) is 0.200. The van der Waals surface area contributed by atoms with Crippen molar-refractivity contribution in [3.8, 4) is 10.6 Å². The smallest absolute Gasteiger partial charge is 0.254 e. The molecule has 1 N–H and O–H groups in total. The summed E-state index contributed by atoms with van der Waals surface area (Å²) < 4.78 is 14.1. The highest BCUT2D eigenvalue weighted by Gasteiger charge is 2.35. The van der Waals surface area contributed by atoms with Gasteiger partial charge in [-0.2, -0.15) is 0 Å². The van der Waals surface area contributed by atoms with E-state index in [9.17, 15) is 14.0 Å². The number of benzene rings is 2. The number of halogens is 2. The molecular weight excluding hydrogens is 459 g/mol. The molecule has 1 atom stereocenters. The van der Waals surface area contributed by atoms with Crippen molar-refractivity contribution in [1.82, 2.24) is 15.1 Å². The first-order valence-corrected chi connectivity index (χ1v) is 10.6.